The van der Waals surface area contributed by atoms with Crippen LogP contribution in [0.3, 0.4) is 0 Å². The van der Waals surface area contributed by atoms with Crippen LogP contribution < -0.4 is 0 Å². The summed E-state index contributed by atoms with van der Waals surface area (Å²) in [6.45, 7) is 6.02. The summed E-state index contributed by atoms with van der Waals surface area (Å²) in [5.41, 5.74) is -0.143. The highest BCUT2D eigenvalue weighted by atomic mass is 16.6. The molecule has 12 heavy (non-hydrogen) atoms. The van der Waals surface area contributed by atoms with Gasteiger partial charge >= 0.3 is 5.97 Å². The second kappa shape index (κ2) is 2.02. The van der Waals surface area contributed by atoms with E-state index in [1.165, 1.54) is 0 Å². The molecule has 3 heteroatoms. The van der Waals surface area contributed by atoms with Gasteiger partial charge in [0.05, 0.1) is 6.42 Å². The molecule has 0 atom stereocenters. The fraction of sp³-hybridized carbons (Fsp3) is 0.889. The zero-order valence-electron chi connectivity index (χ0n) is 7.89. The lowest BCUT2D eigenvalue weighted by molar-refractivity contribution is -0.152. The quantitative estimate of drug-likeness (QED) is 0.498. The topological polar surface area (TPSA) is 29.5 Å². The molecule has 0 N–H and O–H groups in total. The highest BCUT2D eigenvalue weighted by molar-refractivity contribution is 5.74. The van der Waals surface area contributed by atoms with Crippen LogP contribution in [-0.4, -0.2) is 36.6 Å². The minimum atomic E-state index is -0.253. The molecule has 0 radical (unpaired) electrons. The van der Waals surface area contributed by atoms with Crippen molar-refractivity contribution in [1.82, 2.24) is 4.90 Å². The van der Waals surface area contributed by atoms with E-state index in [1.54, 1.807) is 0 Å². The van der Waals surface area contributed by atoms with Gasteiger partial charge in [0, 0.05) is 18.5 Å². The SMILES string of the molecule is CN1CC2(CC(=O)OC2(C)C)C1. The molecule has 68 valence electrons. The molecule has 2 fully saturated rings. The van der Waals surface area contributed by atoms with Crippen molar-refractivity contribution in [2.75, 3.05) is 20.1 Å². The van der Waals surface area contributed by atoms with Gasteiger partial charge in [-0.05, 0) is 20.9 Å². The number of carbonyl (C=O) groups is 1. The van der Waals surface area contributed by atoms with Crippen LogP contribution >= 0.6 is 0 Å². The largest absolute Gasteiger partial charge is 0.459 e. The molecule has 2 saturated heterocycles. The van der Waals surface area contributed by atoms with E-state index in [9.17, 15) is 4.79 Å². The maximum atomic E-state index is 11.1. The van der Waals surface area contributed by atoms with Crippen molar-refractivity contribution in [3.05, 3.63) is 0 Å². The highest BCUT2D eigenvalue weighted by Gasteiger charge is 2.60. The summed E-state index contributed by atoms with van der Waals surface area (Å²) in [7, 11) is 2.07. The van der Waals surface area contributed by atoms with E-state index in [-0.39, 0.29) is 17.0 Å². The number of nitrogens with zero attached hydrogens (tertiary/aromatic N) is 1. The van der Waals surface area contributed by atoms with Gasteiger partial charge in [0.25, 0.3) is 0 Å². The molecule has 2 heterocycles. The Kier molecular flexibility index (Phi) is 1.35. The number of rotatable bonds is 0. The van der Waals surface area contributed by atoms with E-state index in [0.717, 1.165) is 13.1 Å². The van der Waals surface area contributed by atoms with E-state index in [2.05, 4.69) is 11.9 Å². The Morgan fingerprint density at radius 2 is 2.00 bits per heavy atom. The molecule has 3 nitrogen and oxygen atoms in total. The van der Waals surface area contributed by atoms with Crippen LogP contribution in [0, 0.1) is 5.41 Å². The average molecular weight is 169 g/mol. The summed E-state index contributed by atoms with van der Waals surface area (Å²) in [5.74, 6) is -0.0342. The summed E-state index contributed by atoms with van der Waals surface area (Å²) in [5, 5.41) is 0. The van der Waals surface area contributed by atoms with Gasteiger partial charge in [0.1, 0.15) is 5.60 Å². The van der Waals surface area contributed by atoms with Gasteiger partial charge in [-0.15, -0.1) is 0 Å². The lowest BCUT2D eigenvalue weighted by atomic mass is 9.68. The molecule has 0 amide bonds. The van der Waals surface area contributed by atoms with E-state index < -0.39 is 0 Å². The molecule has 0 aromatic carbocycles. The summed E-state index contributed by atoms with van der Waals surface area (Å²) < 4.78 is 5.29. The molecule has 0 aliphatic carbocycles. The zero-order chi connectivity index (χ0) is 8.98. The van der Waals surface area contributed by atoms with Gasteiger partial charge in [-0.1, -0.05) is 0 Å². The first kappa shape index (κ1) is 8.05. The molecule has 0 unspecified atom stereocenters. The van der Waals surface area contributed by atoms with Crippen LogP contribution in [-0.2, 0) is 9.53 Å². The number of hydrogen-bond donors (Lipinski definition) is 0. The van der Waals surface area contributed by atoms with Gasteiger partial charge in [0.2, 0.25) is 0 Å². The maximum Gasteiger partial charge on any atom is 0.307 e. The highest BCUT2D eigenvalue weighted by Crippen LogP contribution is 2.49. The molecule has 1 spiro atoms. The summed E-state index contributed by atoms with van der Waals surface area (Å²) in [6, 6.07) is 0. The summed E-state index contributed by atoms with van der Waals surface area (Å²) in [4.78, 5) is 13.4. The normalized spacial score (nSPS) is 31.8. The van der Waals surface area contributed by atoms with Crippen LogP contribution in [0.15, 0.2) is 0 Å². The third kappa shape index (κ3) is 0.829. The fourth-order valence-corrected chi connectivity index (χ4v) is 2.40. The second-order valence-corrected chi connectivity index (χ2v) is 4.61. The average Bonchev–Trinajstić information content (AvgIpc) is 2.00. The Balaban J connectivity index is 2.21. The molecular formula is C9H15NO2. The Bertz CT molecular complexity index is 229. The number of likely N-dealkylation sites (tertiary alicyclic amines) is 1. The molecular weight excluding hydrogens is 154 g/mol. The maximum absolute atomic E-state index is 11.1. The van der Waals surface area contributed by atoms with Crippen molar-refractivity contribution in [2.24, 2.45) is 5.41 Å². The Morgan fingerprint density at radius 1 is 1.42 bits per heavy atom. The number of cyclic esters (lactones) is 1. The zero-order valence-corrected chi connectivity index (χ0v) is 7.89. The standard InChI is InChI=1S/C9H15NO2/c1-8(2)9(4-7(11)12-8)5-10(3)6-9/h4-6H2,1-3H3. The molecule has 2 aliphatic heterocycles. The van der Waals surface area contributed by atoms with Gasteiger partial charge < -0.3 is 9.64 Å². The summed E-state index contributed by atoms with van der Waals surface area (Å²) in [6.07, 6.45) is 0.602. The smallest absolute Gasteiger partial charge is 0.307 e. The van der Waals surface area contributed by atoms with Crippen molar-refractivity contribution in [1.29, 1.82) is 0 Å². The van der Waals surface area contributed by atoms with Crippen molar-refractivity contribution in [2.45, 2.75) is 25.9 Å². The van der Waals surface area contributed by atoms with Crippen LogP contribution in [0.4, 0.5) is 0 Å². The minimum Gasteiger partial charge on any atom is -0.459 e. The van der Waals surface area contributed by atoms with Crippen molar-refractivity contribution < 1.29 is 9.53 Å². The Morgan fingerprint density at radius 3 is 2.33 bits per heavy atom. The third-order valence-electron chi connectivity index (χ3n) is 3.27. The second-order valence-electron chi connectivity index (χ2n) is 4.61. The molecule has 2 aliphatic rings. The first-order valence-electron chi connectivity index (χ1n) is 4.36. The van der Waals surface area contributed by atoms with Gasteiger partial charge in [-0.3, -0.25) is 4.79 Å². The molecule has 2 rings (SSSR count). The summed E-state index contributed by atoms with van der Waals surface area (Å²) >= 11 is 0. The number of ether oxygens (including phenoxy) is 1. The lowest BCUT2D eigenvalue weighted by Gasteiger charge is -2.51. The van der Waals surface area contributed by atoms with Crippen LogP contribution in [0.5, 0.6) is 0 Å². The number of hydrogen-bond acceptors (Lipinski definition) is 3. The number of carbonyl (C=O) groups excluding carboxylic acids is 1. The number of esters is 1. The first-order chi connectivity index (χ1) is 5.45. The van der Waals surface area contributed by atoms with Crippen LogP contribution in [0.2, 0.25) is 0 Å². The van der Waals surface area contributed by atoms with E-state index in [1.807, 2.05) is 13.8 Å². The van der Waals surface area contributed by atoms with E-state index >= 15 is 0 Å². The Hall–Kier alpha value is -0.570. The molecule has 0 aromatic rings. The van der Waals surface area contributed by atoms with Crippen molar-refractivity contribution >= 4 is 5.97 Å². The molecule has 0 aromatic heterocycles. The minimum absolute atomic E-state index is 0.0342. The van der Waals surface area contributed by atoms with Crippen LogP contribution in [0.25, 0.3) is 0 Å². The van der Waals surface area contributed by atoms with Crippen LogP contribution in [0.1, 0.15) is 20.3 Å². The van der Waals surface area contributed by atoms with E-state index in [0.29, 0.717) is 6.42 Å². The first-order valence-corrected chi connectivity index (χ1v) is 4.36. The monoisotopic (exact) mass is 169 g/mol. The molecule has 0 bridgehead atoms. The lowest BCUT2D eigenvalue weighted by Crippen LogP contribution is -2.62. The fourth-order valence-electron chi connectivity index (χ4n) is 2.40. The predicted octanol–water partition coefficient (Wildman–Crippen LogP) is 0.644. The molecule has 0 saturated carbocycles. The third-order valence-corrected chi connectivity index (χ3v) is 3.27. The van der Waals surface area contributed by atoms with Crippen molar-refractivity contribution in [3.8, 4) is 0 Å². The van der Waals surface area contributed by atoms with Gasteiger partial charge in [-0.2, -0.15) is 0 Å². The predicted molar refractivity (Wildman–Crippen MR) is 44.7 cm³/mol. The van der Waals surface area contributed by atoms with E-state index in [4.69, 9.17) is 4.74 Å². The van der Waals surface area contributed by atoms with Gasteiger partial charge in [0.15, 0.2) is 0 Å². The Labute approximate surface area is 72.7 Å². The van der Waals surface area contributed by atoms with Gasteiger partial charge in [-0.25, -0.2) is 0 Å². The van der Waals surface area contributed by atoms with Crippen molar-refractivity contribution in [3.63, 3.8) is 0 Å².